The number of hydrogen-bond acceptors (Lipinski definition) is 4. The quantitative estimate of drug-likeness (QED) is 0.867. The van der Waals surface area contributed by atoms with E-state index in [1.807, 2.05) is 12.3 Å². The van der Waals surface area contributed by atoms with E-state index in [-0.39, 0.29) is 11.3 Å². The fraction of sp³-hybridized carbons (Fsp3) is 0.714. The van der Waals surface area contributed by atoms with Crippen LogP contribution in [0.1, 0.15) is 42.8 Å². The average Bonchev–Trinajstić information content (AvgIpc) is 2.85. The first-order chi connectivity index (χ1) is 9.16. The molecule has 2 rings (SSSR count). The smallest absolute Gasteiger partial charge is 0.227 e. The minimum atomic E-state index is -0.308. The molecular weight excluding hydrogens is 258 g/mol. The number of amides is 1. The van der Waals surface area contributed by atoms with Gasteiger partial charge in [-0.3, -0.25) is 4.79 Å². The van der Waals surface area contributed by atoms with E-state index >= 15 is 0 Å². The Labute approximate surface area is 118 Å². The van der Waals surface area contributed by atoms with Crippen molar-refractivity contribution in [1.82, 2.24) is 10.3 Å². The van der Waals surface area contributed by atoms with E-state index < -0.39 is 0 Å². The second-order valence-electron chi connectivity index (χ2n) is 5.43. The van der Waals surface area contributed by atoms with Crippen molar-refractivity contribution < 1.29 is 4.79 Å². The monoisotopic (exact) mass is 281 g/mol. The molecular formula is C14H23N3OS. The van der Waals surface area contributed by atoms with Gasteiger partial charge in [-0.15, -0.1) is 11.3 Å². The molecule has 1 heterocycles. The summed E-state index contributed by atoms with van der Waals surface area (Å²) in [5.74, 6) is 0.142. The zero-order chi connectivity index (χ0) is 13.7. The highest BCUT2D eigenvalue weighted by atomic mass is 32.1. The molecule has 1 aromatic rings. The minimum absolute atomic E-state index is 0.142. The van der Waals surface area contributed by atoms with Crippen LogP contribution in [0.2, 0.25) is 0 Å². The van der Waals surface area contributed by atoms with Gasteiger partial charge in [-0.1, -0.05) is 19.3 Å². The molecule has 0 unspecified atom stereocenters. The first kappa shape index (κ1) is 14.5. The van der Waals surface area contributed by atoms with Crippen molar-refractivity contribution in [3.05, 3.63) is 16.1 Å². The number of rotatable bonds is 5. The van der Waals surface area contributed by atoms with Crippen LogP contribution in [0.4, 0.5) is 0 Å². The number of nitrogens with two attached hydrogens (primary N) is 1. The Morgan fingerprint density at radius 1 is 1.47 bits per heavy atom. The molecule has 19 heavy (non-hydrogen) atoms. The Kier molecular flexibility index (Phi) is 4.93. The SMILES string of the molecule is Cc1csc(CCNC(=O)C2(CN)CCCCC2)n1. The lowest BCUT2D eigenvalue weighted by Gasteiger charge is -2.34. The first-order valence-electron chi connectivity index (χ1n) is 7.06. The molecule has 0 spiro atoms. The Morgan fingerprint density at radius 2 is 2.21 bits per heavy atom. The third-order valence-corrected chi connectivity index (χ3v) is 5.00. The molecule has 1 amide bonds. The van der Waals surface area contributed by atoms with Crippen molar-refractivity contribution in [3.63, 3.8) is 0 Å². The van der Waals surface area contributed by atoms with Gasteiger partial charge >= 0.3 is 0 Å². The van der Waals surface area contributed by atoms with E-state index in [0.717, 1.165) is 42.8 Å². The molecule has 0 aliphatic heterocycles. The molecule has 1 aliphatic carbocycles. The van der Waals surface area contributed by atoms with Gasteiger partial charge in [0, 0.05) is 30.6 Å². The Hall–Kier alpha value is -0.940. The summed E-state index contributed by atoms with van der Waals surface area (Å²) < 4.78 is 0. The van der Waals surface area contributed by atoms with Crippen LogP contribution in [0, 0.1) is 12.3 Å². The van der Waals surface area contributed by atoms with Crippen molar-refractivity contribution in [2.75, 3.05) is 13.1 Å². The number of hydrogen-bond donors (Lipinski definition) is 2. The molecule has 0 bridgehead atoms. The van der Waals surface area contributed by atoms with Gasteiger partial charge in [0.05, 0.1) is 10.4 Å². The number of nitrogens with one attached hydrogen (secondary N) is 1. The maximum absolute atomic E-state index is 12.3. The zero-order valence-corrected chi connectivity index (χ0v) is 12.4. The summed E-state index contributed by atoms with van der Waals surface area (Å²) in [7, 11) is 0. The fourth-order valence-corrected chi connectivity index (χ4v) is 3.52. The van der Waals surface area contributed by atoms with Crippen molar-refractivity contribution in [2.45, 2.75) is 45.4 Å². The van der Waals surface area contributed by atoms with E-state index in [1.54, 1.807) is 11.3 Å². The van der Waals surface area contributed by atoms with Crippen LogP contribution >= 0.6 is 11.3 Å². The predicted molar refractivity (Wildman–Crippen MR) is 78.1 cm³/mol. The maximum atomic E-state index is 12.3. The van der Waals surface area contributed by atoms with Gasteiger partial charge in [0.25, 0.3) is 0 Å². The molecule has 3 N–H and O–H groups in total. The van der Waals surface area contributed by atoms with E-state index in [9.17, 15) is 4.79 Å². The van der Waals surface area contributed by atoms with Gasteiger partial charge in [-0.25, -0.2) is 4.98 Å². The van der Waals surface area contributed by atoms with Crippen LogP contribution in [-0.2, 0) is 11.2 Å². The number of aromatic nitrogens is 1. The zero-order valence-electron chi connectivity index (χ0n) is 11.6. The van der Waals surface area contributed by atoms with E-state index in [4.69, 9.17) is 5.73 Å². The van der Waals surface area contributed by atoms with E-state index in [0.29, 0.717) is 13.1 Å². The van der Waals surface area contributed by atoms with Crippen LogP contribution in [0.5, 0.6) is 0 Å². The van der Waals surface area contributed by atoms with Gasteiger partial charge in [0.15, 0.2) is 0 Å². The summed E-state index contributed by atoms with van der Waals surface area (Å²) in [6.45, 7) is 3.12. The van der Waals surface area contributed by atoms with Gasteiger partial charge in [-0.2, -0.15) is 0 Å². The fourth-order valence-electron chi connectivity index (χ4n) is 2.74. The molecule has 0 atom stereocenters. The van der Waals surface area contributed by atoms with E-state index in [1.165, 1.54) is 6.42 Å². The number of nitrogens with zero attached hydrogens (tertiary/aromatic N) is 1. The summed E-state index contributed by atoms with van der Waals surface area (Å²) in [5.41, 5.74) is 6.60. The molecule has 4 nitrogen and oxygen atoms in total. The van der Waals surface area contributed by atoms with Gasteiger partial charge in [-0.05, 0) is 19.8 Å². The summed E-state index contributed by atoms with van der Waals surface area (Å²) >= 11 is 1.65. The van der Waals surface area contributed by atoms with Crippen LogP contribution in [-0.4, -0.2) is 24.0 Å². The highest BCUT2D eigenvalue weighted by molar-refractivity contribution is 7.09. The number of thiazole rings is 1. The third kappa shape index (κ3) is 3.54. The van der Waals surface area contributed by atoms with Crippen molar-refractivity contribution in [1.29, 1.82) is 0 Å². The predicted octanol–water partition coefficient (Wildman–Crippen LogP) is 2.02. The molecule has 0 aromatic carbocycles. The number of carbonyl (C=O) groups excluding carboxylic acids is 1. The molecule has 0 saturated heterocycles. The summed E-state index contributed by atoms with van der Waals surface area (Å²) in [6.07, 6.45) is 6.16. The lowest BCUT2D eigenvalue weighted by Crippen LogP contribution is -2.47. The Morgan fingerprint density at radius 3 is 2.79 bits per heavy atom. The van der Waals surface area contributed by atoms with Crippen LogP contribution in [0.25, 0.3) is 0 Å². The number of aryl methyl sites for hydroxylation is 1. The highest BCUT2D eigenvalue weighted by Crippen LogP contribution is 2.35. The first-order valence-corrected chi connectivity index (χ1v) is 7.94. The largest absolute Gasteiger partial charge is 0.355 e. The lowest BCUT2D eigenvalue weighted by atomic mass is 9.73. The second-order valence-corrected chi connectivity index (χ2v) is 6.38. The molecule has 106 valence electrons. The standard InChI is InChI=1S/C14H23N3OS/c1-11-9-19-12(17-11)5-8-16-13(18)14(10-15)6-3-2-4-7-14/h9H,2-8,10,15H2,1H3,(H,16,18). The summed E-state index contributed by atoms with van der Waals surface area (Å²) in [6, 6.07) is 0. The Bertz CT molecular complexity index is 424. The van der Waals surface area contributed by atoms with Crippen LogP contribution in [0.3, 0.4) is 0 Å². The van der Waals surface area contributed by atoms with Gasteiger partial charge < -0.3 is 11.1 Å². The van der Waals surface area contributed by atoms with E-state index in [2.05, 4.69) is 10.3 Å². The third-order valence-electron chi connectivity index (χ3n) is 3.97. The topological polar surface area (TPSA) is 68.0 Å². The average molecular weight is 281 g/mol. The molecule has 1 aliphatic rings. The molecule has 5 heteroatoms. The summed E-state index contributed by atoms with van der Waals surface area (Å²) in [4.78, 5) is 16.7. The van der Waals surface area contributed by atoms with Gasteiger partial charge in [0.1, 0.15) is 0 Å². The van der Waals surface area contributed by atoms with Gasteiger partial charge in [0.2, 0.25) is 5.91 Å². The normalized spacial score (nSPS) is 18.2. The van der Waals surface area contributed by atoms with Crippen molar-refractivity contribution >= 4 is 17.2 Å². The molecule has 1 fully saturated rings. The molecule has 1 saturated carbocycles. The molecule has 1 aromatic heterocycles. The number of carbonyl (C=O) groups is 1. The maximum Gasteiger partial charge on any atom is 0.227 e. The van der Waals surface area contributed by atoms with Crippen LogP contribution < -0.4 is 11.1 Å². The summed E-state index contributed by atoms with van der Waals surface area (Å²) in [5, 5.41) is 6.18. The van der Waals surface area contributed by atoms with Crippen molar-refractivity contribution in [2.24, 2.45) is 11.1 Å². The highest BCUT2D eigenvalue weighted by Gasteiger charge is 2.37. The lowest BCUT2D eigenvalue weighted by molar-refractivity contribution is -0.132. The Balaban J connectivity index is 1.82. The molecule has 0 radical (unpaired) electrons. The van der Waals surface area contributed by atoms with Crippen LogP contribution in [0.15, 0.2) is 5.38 Å². The van der Waals surface area contributed by atoms with Crippen molar-refractivity contribution in [3.8, 4) is 0 Å². The minimum Gasteiger partial charge on any atom is -0.355 e. The second kappa shape index (κ2) is 6.48.